The Balaban J connectivity index is 2.04. The lowest BCUT2D eigenvalue weighted by Gasteiger charge is -2.17. The van der Waals surface area contributed by atoms with E-state index in [1.807, 2.05) is 18.2 Å². The van der Waals surface area contributed by atoms with Gasteiger partial charge in [-0.25, -0.2) is 0 Å². The van der Waals surface area contributed by atoms with Crippen molar-refractivity contribution in [2.24, 2.45) is 5.73 Å². The molecule has 1 aromatic rings. The molecule has 0 aliphatic carbocycles. The highest BCUT2D eigenvalue weighted by molar-refractivity contribution is 8.00. The van der Waals surface area contributed by atoms with E-state index in [1.165, 1.54) is 11.8 Å². The summed E-state index contributed by atoms with van der Waals surface area (Å²) in [5.74, 6) is 0.267. The second-order valence-electron chi connectivity index (χ2n) is 4.17. The average Bonchev–Trinajstić information content (AvgIpc) is 2.35. The number of hydrogen-bond acceptors (Lipinski definition) is 4. The molecule has 0 fully saturated rings. The molecule has 96 valence electrons. The van der Waals surface area contributed by atoms with Crippen LogP contribution < -0.4 is 16.4 Å². The minimum atomic E-state index is -0.516. The molecule has 1 atom stereocenters. The summed E-state index contributed by atoms with van der Waals surface area (Å²) in [6, 6.07) is 5.25. The molecule has 0 saturated carbocycles. The maximum Gasteiger partial charge on any atom is 0.236 e. The highest BCUT2D eigenvalue weighted by Crippen LogP contribution is 2.31. The summed E-state index contributed by atoms with van der Waals surface area (Å²) in [4.78, 5) is 23.7. The van der Waals surface area contributed by atoms with E-state index in [0.717, 1.165) is 16.1 Å². The number of rotatable bonds is 3. The Morgan fingerprint density at radius 2 is 2.39 bits per heavy atom. The van der Waals surface area contributed by atoms with E-state index in [2.05, 4.69) is 10.6 Å². The summed E-state index contributed by atoms with van der Waals surface area (Å²) in [6.45, 7) is 2.05. The normalized spacial score (nSPS) is 15.6. The molecular weight excluding hydrogens is 250 g/mol. The van der Waals surface area contributed by atoms with Crippen LogP contribution >= 0.6 is 11.8 Å². The van der Waals surface area contributed by atoms with E-state index in [1.54, 1.807) is 6.92 Å². The number of nitrogens with two attached hydrogens (primary N) is 1. The smallest absolute Gasteiger partial charge is 0.236 e. The fraction of sp³-hybridized carbons (Fsp3) is 0.333. The first-order chi connectivity index (χ1) is 8.56. The van der Waals surface area contributed by atoms with Gasteiger partial charge in [0.2, 0.25) is 11.8 Å². The number of carbonyl (C=O) groups is 2. The quantitative estimate of drug-likeness (QED) is 0.751. The largest absolute Gasteiger partial charge is 0.351 e. The van der Waals surface area contributed by atoms with E-state index in [4.69, 9.17) is 5.73 Å². The summed E-state index contributed by atoms with van der Waals surface area (Å²) < 4.78 is 0. The van der Waals surface area contributed by atoms with Gasteiger partial charge < -0.3 is 16.4 Å². The summed E-state index contributed by atoms with van der Waals surface area (Å²) >= 11 is 1.52. The van der Waals surface area contributed by atoms with Gasteiger partial charge in [0.15, 0.2) is 0 Å². The number of fused-ring (bicyclic) bond motifs is 1. The molecule has 4 N–H and O–H groups in total. The summed E-state index contributed by atoms with van der Waals surface area (Å²) in [5.41, 5.74) is 7.20. The summed E-state index contributed by atoms with van der Waals surface area (Å²) in [7, 11) is 0. The van der Waals surface area contributed by atoms with Crippen LogP contribution in [-0.2, 0) is 16.1 Å². The Morgan fingerprint density at radius 3 is 3.11 bits per heavy atom. The SMILES string of the molecule is CC(N)C(=O)NCc1ccc2c(c1)NC(=O)CS2. The van der Waals surface area contributed by atoms with Crippen LogP contribution in [0.1, 0.15) is 12.5 Å². The monoisotopic (exact) mass is 265 g/mol. The number of nitrogens with one attached hydrogen (secondary N) is 2. The van der Waals surface area contributed by atoms with Gasteiger partial charge in [-0.3, -0.25) is 9.59 Å². The molecular formula is C12H15N3O2S. The maximum atomic E-state index is 11.3. The van der Waals surface area contributed by atoms with Crippen LogP contribution in [0.15, 0.2) is 23.1 Å². The van der Waals surface area contributed by atoms with E-state index >= 15 is 0 Å². The average molecular weight is 265 g/mol. The second-order valence-corrected chi connectivity index (χ2v) is 5.19. The Kier molecular flexibility index (Phi) is 3.88. The van der Waals surface area contributed by atoms with Gasteiger partial charge in [0.05, 0.1) is 17.5 Å². The molecule has 1 aliphatic rings. The van der Waals surface area contributed by atoms with Crippen LogP contribution in [0.3, 0.4) is 0 Å². The van der Waals surface area contributed by atoms with Crippen molar-refractivity contribution in [3.8, 4) is 0 Å². The number of thioether (sulfide) groups is 1. The molecule has 1 heterocycles. The lowest BCUT2D eigenvalue weighted by Crippen LogP contribution is -2.37. The zero-order valence-electron chi connectivity index (χ0n) is 10.0. The summed E-state index contributed by atoms with van der Waals surface area (Å²) in [5, 5.41) is 5.55. The van der Waals surface area contributed by atoms with Crippen molar-refractivity contribution < 1.29 is 9.59 Å². The van der Waals surface area contributed by atoms with E-state index in [-0.39, 0.29) is 11.8 Å². The Bertz CT molecular complexity index is 488. The highest BCUT2D eigenvalue weighted by Gasteiger charge is 2.15. The predicted octanol–water partition coefficient (Wildman–Crippen LogP) is 0.694. The number of benzene rings is 1. The third-order valence-corrected chi connectivity index (χ3v) is 3.63. The van der Waals surface area contributed by atoms with Crippen LogP contribution in [-0.4, -0.2) is 23.6 Å². The van der Waals surface area contributed by atoms with Crippen LogP contribution in [0.2, 0.25) is 0 Å². The maximum absolute atomic E-state index is 11.3. The van der Waals surface area contributed by atoms with Gasteiger partial charge in [-0.15, -0.1) is 11.8 Å². The molecule has 0 bridgehead atoms. The highest BCUT2D eigenvalue weighted by atomic mass is 32.2. The molecule has 0 aromatic heterocycles. The van der Waals surface area contributed by atoms with Gasteiger partial charge in [-0.1, -0.05) is 6.07 Å². The first-order valence-electron chi connectivity index (χ1n) is 5.65. The molecule has 0 spiro atoms. The Labute approximate surface area is 110 Å². The van der Waals surface area contributed by atoms with E-state index in [0.29, 0.717) is 12.3 Å². The van der Waals surface area contributed by atoms with Crippen molar-refractivity contribution >= 4 is 29.3 Å². The first-order valence-corrected chi connectivity index (χ1v) is 6.63. The lowest BCUT2D eigenvalue weighted by atomic mass is 10.2. The van der Waals surface area contributed by atoms with Crippen molar-refractivity contribution in [2.45, 2.75) is 24.4 Å². The van der Waals surface area contributed by atoms with Gasteiger partial charge >= 0.3 is 0 Å². The van der Waals surface area contributed by atoms with Crippen molar-refractivity contribution in [2.75, 3.05) is 11.1 Å². The van der Waals surface area contributed by atoms with Gasteiger partial charge in [0.25, 0.3) is 0 Å². The second kappa shape index (κ2) is 5.41. The third-order valence-electron chi connectivity index (χ3n) is 2.56. The number of hydrogen-bond donors (Lipinski definition) is 3. The number of anilines is 1. The molecule has 18 heavy (non-hydrogen) atoms. The topological polar surface area (TPSA) is 84.2 Å². The van der Waals surface area contributed by atoms with Crippen LogP contribution in [0, 0.1) is 0 Å². The van der Waals surface area contributed by atoms with Gasteiger partial charge in [0, 0.05) is 11.4 Å². The Hall–Kier alpha value is -1.53. The molecule has 0 radical (unpaired) electrons. The summed E-state index contributed by atoms with van der Waals surface area (Å²) in [6.07, 6.45) is 0. The van der Waals surface area contributed by atoms with Crippen molar-refractivity contribution in [3.05, 3.63) is 23.8 Å². The van der Waals surface area contributed by atoms with Crippen LogP contribution in [0.5, 0.6) is 0 Å². The van der Waals surface area contributed by atoms with Crippen molar-refractivity contribution in [1.29, 1.82) is 0 Å². The number of carbonyl (C=O) groups excluding carboxylic acids is 2. The fourth-order valence-electron chi connectivity index (χ4n) is 1.59. The Morgan fingerprint density at radius 1 is 1.61 bits per heavy atom. The number of amides is 2. The minimum Gasteiger partial charge on any atom is -0.351 e. The van der Waals surface area contributed by atoms with E-state index < -0.39 is 6.04 Å². The van der Waals surface area contributed by atoms with Gasteiger partial charge in [-0.2, -0.15) is 0 Å². The fourth-order valence-corrected chi connectivity index (χ4v) is 2.38. The molecule has 6 heteroatoms. The van der Waals surface area contributed by atoms with Gasteiger partial charge in [0.1, 0.15) is 0 Å². The zero-order chi connectivity index (χ0) is 13.1. The third kappa shape index (κ3) is 3.02. The molecule has 5 nitrogen and oxygen atoms in total. The minimum absolute atomic E-state index is 0.00395. The van der Waals surface area contributed by atoms with Gasteiger partial charge in [-0.05, 0) is 24.6 Å². The van der Waals surface area contributed by atoms with Crippen molar-refractivity contribution in [3.63, 3.8) is 0 Å². The first kappa shape index (κ1) is 12.9. The van der Waals surface area contributed by atoms with E-state index in [9.17, 15) is 9.59 Å². The lowest BCUT2D eigenvalue weighted by molar-refractivity contribution is -0.122. The molecule has 2 rings (SSSR count). The molecule has 1 unspecified atom stereocenters. The van der Waals surface area contributed by atoms with Crippen LogP contribution in [0.25, 0.3) is 0 Å². The van der Waals surface area contributed by atoms with Crippen molar-refractivity contribution in [1.82, 2.24) is 5.32 Å². The molecule has 1 aromatic carbocycles. The standard InChI is InChI=1S/C12H15N3O2S/c1-7(13)12(17)14-5-8-2-3-10-9(4-8)15-11(16)6-18-10/h2-4,7H,5-6,13H2,1H3,(H,14,17)(H,15,16). The molecule has 0 saturated heterocycles. The predicted molar refractivity (Wildman–Crippen MR) is 71.3 cm³/mol. The molecule has 1 aliphatic heterocycles. The molecule has 2 amide bonds. The zero-order valence-corrected chi connectivity index (χ0v) is 10.8. The van der Waals surface area contributed by atoms with Crippen LogP contribution in [0.4, 0.5) is 5.69 Å².